The highest BCUT2D eigenvalue weighted by molar-refractivity contribution is 7.17. The molecule has 32 heavy (non-hydrogen) atoms. The van der Waals surface area contributed by atoms with Gasteiger partial charge in [0.2, 0.25) is 5.95 Å². The topological polar surface area (TPSA) is 66.7 Å². The zero-order valence-electron chi connectivity index (χ0n) is 18.3. The molecule has 2 aliphatic heterocycles. The van der Waals surface area contributed by atoms with Crippen molar-refractivity contribution in [3.05, 3.63) is 41.0 Å². The molecule has 2 fully saturated rings. The summed E-state index contributed by atoms with van der Waals surface area (Å²) in [7, 11) is 0. The quantitative estimate of drug-likeness (QED) is 0.510. The van der Waals surface area contributed by atoms with Gasteiger partial charge in [-0.05, 0) is 18.4 Å². The van der Waals surface area contributed by atoms with E-state index >= 15 is 0 Å². The van der Waals surface area contributed by atoms with Gasteiger partial charge in [0.15, 0.2) is 0 Å². The minimum atomic E-state index is 0.710. The number of morpholine rings is 1. The second-order valence-electron chi connectivity index (χ2n) is 8.47. The van der Waals surface area contributed by atoms with E-state index in [-0.39, 0.29) is 0 Å². The van der Waals surface area contributed by atoms with Crippen molar-refractivity contribution in [1.82, 2.24) is 20.2 Å². The maximum Gasteiger partial charge on any atom is 0.226 e. The number of benzene rings is 1. The largest absolute Gasteiger partial charge is 0.461 e. The molecule has 2 saturated heterocycles. The first-order valence-electron chi connectivity index (χ1n) is 11.3. The first-order chi connectivity index (χ1) is 15.8. The van der Waals surface area contributed by atoms with E-state index in [1.165, 1.54) is 5.56 Å². The van der Waals surface area contributed by atoms with Crippen LogP contribution >= 0.6 is 11.3 Å². The summed E-state index contributed by atoms with van der Waals surface area (Å²) in [5.74, 6) is 1.69. The van der Waals surface area contributed by atoms with Crippen LogP contribution in [-0.4, -0.2) is 67.4 Å². The summed E-state index contributed by atoms with van der Waals surface area (Å²) >= 11 is 1.75. The van der Waals surface area contributed by atoms with Gasteiger partial charge in [-0.25, -0.2) is 9.97 Å². The number of nitrogens with zero attached hydrogens (tertiary/aromatic N) is 4. The Morgan fingerprint density at radius 2 is 1.88 bits per heavy atom. The number of nitrogens with one attached hydrogen (secondary N) is 1. The van der Waals surface area contributed by atoms with Gasteiger partial charge in [-0.1, -0.05) is 18.2 Å². The summed E-state index contributed by atoms with van der Waals surface area (Å²) in [6, 6.07) is 8.23. The molecule has 8 heteroatoms. The molecule has 0 radical (unpaired) electrons. The molecule has 1 aromatic carbocycles. The van der Waals surface area contributed by atoms with E-state index in [0.717, 1.165) is 90.0 Å². The average Bonchev–Trinajstić information content (AvgIpc) is 3.40. The van der Waals surface area contributed by atoms with Crippen molar-refractivity contribution < 1.29 is 9.15 Å². The summed E-state index contributed by atoms with van der Waals surface area (Å²) in [5, 5.41) is 6.82. The number of fused-ring (bicyclic) bond motifs is 2. The Bertz CT molecular complexity index is 1250. The highest BCUT2D eigenvalue weighted by atomic mass is 32.1. The minimum absolute atomic E-state index is 0.710. The standard InChI is InChI=1S/C24H27N5O2S/c1-16-20(18-4-2-3-5-19(18)31-16)22-23-21(26-24(27-22)29-10-12-30-13-11-29)17(15-32-23)14-28-8-6-25-7-9-28/h2-5,15,25H,6-14H2,1H3. The van der Waals surface area contributed by atoms with Crippen LogP contribution in [0.5, 0.6) is 0 Å². The molecule has 0 spiro atoms. The minimum Gasteiger partial charge on any atom is -0.461 e. The molecule has 3 aromatic heterocycles. The Hall–Kier alpha value is -2.52. The lowest BCUT2D eigenvalue weighted by atomic mass is 10.1. The normalized spacial score (nSPS) is 18.1. The second kappa shape index (κ2) is 8.44. The predicted molar refractivity (Wildman–Crippen MR) is 129 cm³/mol. The molecule has 0 aliphatic carbocycles. The fourth-order valence-electron chi connectivity index (χ4n) is 4.71. The van der Waals surface area contributed by atoms with Crippen molar-refractivity contribution in [2.24, 2.45) is 0 Å². The van der Waals surface area contributed by atoms with E-state index in [2.05, 4.69) is 32.6 Å². The van der Waals surface area contributed by atoms with Crippen molar-refractivity contribution in [1.29, 1.82) is 0 Å². The van der Waals surface area contributed by atoms with Gasteiger partial charge in [0.05, 0.1) is 34.7 Å². The first kappa shape index (κ1) is 20.1. The number of piperazine rings is 1. The van der Waals surface area contributed by atoms with E-state index in [1.54, 1.807) is 11.3 Å². The second-order valence-corrected chi connectivity index (χ2v) is 9.35. The van der Waals surface area contributed by atoms with Crippen LogP contribution in [0.25, 0.3) is 32.4 Å². The number of hydrogen-bond donors (Lipinski definition) is 1. The number of hydrogen-bond acceptors (Lipinski definition) is 8. The van der Waals surface area contributed by atoms with Crippen LogP contribution in [0.4, 0.5) is 5.95 Å². The van der Waals surface area contributed by atoms with Gasteiger partial charge in [0.1, 0.15) is 11.3 Å². The van der Waals surface area contributed by atoms with Crippen molar-refractivity contribution in [2.75, 3.05) is 57.4 Å². The summed E-state index contributed by atoms with van der Waals surface area (Å²) in [4.78, 5) is 15.0. The molecule has 0 saturated carbocycles. The molecule has 1 N–H and O–H groups in total. The third-order valence-electron chi connectivity index (χ3n) is 6.38. The van der Waals surface area contributed by atoms with Gasteiger partial charge in [0, 0.05) is 56.8 Å². The predicted octanol–water partition coefficient (Wildman–Crippen LogP) is 3.65. The van der Waals surface area contributed by atoms with E-state index in [9.17, 15) is 0 Å². The molecule has 2 aliphatic rings. The highest BCUT2D eigenvalue weighted by Gasteiger charge is 2.24. The number of anilines is 1. The SMILES string of the molecule is Cc1oc2ccccc2c1-c1nc(N2CCOCC2)nc2c(CN3CCNCC3)csc12. The van der Waals surface area contributed by atoms with Gasteiger partial charge in [-0.3, -0.25) is 4.90 Å². The molecule has 0 bridgehead atoms. The Morgan fingerprint density at radius 3 is 2.72 bits per heavy atom. The Balaban J connectivity index is 1.52. The molecule has 5 heterocycles. The van der Waals surface area contributed by atoms with Gasteiger partial charge in [-0.15, -0.1) is 11.3 Å². The zero-order chi connectivity index (χ0) is 21.5. The van der Waals surface area contributed by atoms with Gasteiger partial charge in [0.25, 0.3) is 0 Å². The monoisotopic (exact) mass is 449 g/mol. The van der Waals surface area contributed by atoms with E-state index in [1.807, 2.05) is 19.1 Å². The van der Waals surface area contributed by atoms with Crippen molar-refractivity contribution in [2.45, 2.75) is 13.5 Å². The van der Waals surface area contributed by atoms with E-state index < -0.39 is 0 Å². The summed E-state index contributed by atoms with van der Waals surface area (Å²) in [5.41, 5.74) is 5.33. The number of para-hydroxylation sites is 1. The summed E-state index contributed by atoms with van der Waals surface area (Å²) in [6.45, 7) is 10.2. The van der Waals surface area contributed by atoms with Crippen LogP contribution in [0, 0.1) is 6.92 Å². The van der Waals surface area contributed by atoms with E-state index in [0.29, 0.717) is 13.2 Å². The smallest absolute Gasteiger partial charge is 0.226 e. The molecule has 0 unspecified atom stereocenters. The lowest BCUT2D eigenvalue weighted by molar-refractivity contribution is 0.122. The molecule has 6 rings (SSSR count). The third kappa shape index (κ3) is 3.57. The maximum absolute atomic E-state index is 6.11. The van der Waals surface area contributed by atoms with Crippen molar-refractivity contribution in [3.63, 3.8) is 0 Å². The van der Waals surface area contributed by atoms with Crippen LogP contribution in [0.15, 0.2) is 34.1 Å². The third-order valence-corrected chi connectivity index (χ3v) is 7.41. The lowest BCUT2D eigenvalue weighted by Crippen LogP contribution is -2.42. The van der Waals surface area contributed by atoms with Crippen molar-refractivity contribution in [3.8, 4) is 11.3 Å². The summed E-state index contributed by atoms with van der Waals surface area (Å²) in [6.07, 6.45) is 0. The van der Waals surface area contributed by atoms with Gasteiger partial charge < -0.3 is 19.4 Å². The Labute approximate surface area is 191 Å². The van der Waals surface area contributed by atoms with Crippen LogP contribution in [0.2, 0.25) is 0 Å². The average molecular weight is 450 g/mol. The number of ether oxygens (including phenoxy) is 1. The molecule has 166 valence electrons. The molecular formula is C24H27N5O2S. The molecule has 0 amide bonds. The lowest BCUT2D eigenvalue weighted by Gasteiger charge is -2.28. The van der Waals surface area contributed by atoms with Crippen LogP contribution < -0.4 is 10.2 Å². The molecular weight excluding hydrogens is 422 g/mol. The van der Waals surface area contributed by atoms with Crippen LogP contribution in [0.1, 0.15) is 11.3 Å². The summed E-state index contributed by atoms with van der Waals surface area (Å²) < 4.78 is 12.8. The Morgan fingerprint density at radius 1 is 1.06 bits per heavy atom. The number of thiophene rings is 1. The van der Waals surface area contributed by atoms with Gasteiger partial charge >= 0.3 is 0 Å². The van der Waals surface area contributed by atoms with Crippen molar-refractivity contribution >= 4 is 38.5 Å². The maximum atomic E-state index is 6.11. The number of rotatable bonds is 4. The molecule has 4 aromatic rings. The van der Waals surface area contributed by atoms with Crippen LogP contribution in [0.3, 0.4) is 0 Å². The number of aryl methyl sites for hydroxylation is 1. The fraction of sp³-hybridized carbons (Fsp3) is 0.417. The zero-order valence-corrected chi connectivity index (χ0v) is 19.1. The number of aromatic nitrogens is 2. The number of furan rings is 1. The van der Waals surface area contributed by atoms with Crippen LogP contribution in [-0.2, 0) is 11.3 Å². The van der Waals surface area contributed by atoms with E-state index in [4.69, 9.17) is 19.1 Å². The highest BCUT2D eigenvalue weighted by Crippen LogP contribution is 2.40. The first-order valence-corrected chi connectivity index (χ1v) is 12.2. The van der Waals surface area contributed by atoms with Gasteiger partial charge in [-0.2, -0.15) is 0 Å². The molecule has 0 atom stereocenters. The molecule has 7 nitrogen and oxygen atoms in total. The fourth-order valence-corrected chi connectivity index (χ4v) is 5.71. The Kier molecular flexibility index (Phi) is 5.30.